The van der Waals surface area contributed by atoms with Crippen molar-refractivity contribution in [1.29, 1.82) is 0 Å². The van der Waals surface area contributed by atoms with E-state index in [4.69, 9.17) is 33.2 Å². The van der Waals surface area contributed by atoms with Crippen LogP contribution in [0.5, 0.6) is 0 Å². The molecule has 278 valence electrons. The normalized spacial score (nSPS) is 32.7. The molecule has 2 aliphatic carbocycles. The molecular formula is C37H46O14. The van der Waals surface area contributed by atoms with Crippen LogP contribution in [-0.4, -0.2) is 95.9 Å². The predicted molar refractivity (Wildman–Crippen MR) is 177 cm³/mol. The number of benzene rings is 1. The fourth-order valence-electron chi connectivity index (χ4n) is 7.75. The molecule has 0 amide bonds. The van der Waals surface area contributed by atoms with Crippen LogP contribution in [0.4, 0.5) is 0 Å². The molecule has 1 heterocycles. The molecular weight excluding hydrogens is 668 g/mol. The lowest BCUT2D eigenvalue weighted by Crippen LogP contribution is -2.81. The van der Waals surface area contributed by atoms with Crippen LogP contribution in [-0.2, 0) is 61.9 Å². The lowest BCUT2D eigenvalue weighted by molar-refractivity contribution is -0.343. The number of carbonyl (C=O) groups is 6. The van der Waals surface area contributed by atoms with E-state index < -0.39 is 95.5 Å². The van der Waals surface area contributed by atoms with Crippen molar-refractivity contribution < 1.29 is 67.0 Å². The zero-order chi connectivity index (χ0) is 37.8. The quantitative estimate of drug-likeness (QED) is 0.189. The third-order valence-corrected chi connectivity index (χ3v) is 10.1. The molecule has 4 rings (SSSR count). The molecule has 1 saturated heterocycles. The number of allylic oxidation sites excluding steroid dienone is 1. The maximum atomic E-state index is 13.6. The summed E-state index contributed by atoms with van der Waals surface area (Å²) in [5.41, 5.74) is -6.47. The number of hydrogen-bond donors (Lipinski definition) is 1. The summed E-state index contributed by atoms with van der Waals surface area (Å²) in [6.45, 7) is 7.95. The molecule has 1 aliphatic heterocycles. The molecule has 14 nitrogen and oxygen atoms in total. The third-order valence-electron chi connectivity index (χ3n) is 10.1. The average molecular weight is 715 g/mol. The zero-order valence-electron chi connectivity index (χ0n) is 29.9. The summed E-state index contributed by atoms with van der Waals surface area (Å²) in [6.07, 6.45) is 0.0185. The third kappa shape index (κ3) is 7.71. The van der Waals surface area contributed by atoms with Crippen LogP contribution in [0.1, 0.15) is 73.3 Å². The average Bonchev–Trinajstić information content (AvgIpc) is 3.25. The van der Waals surface area contributed by atoms with E-state index in [1.807, 2.05) is 6.07 Å². The number of esters is 6. The summed E-state index contributed by atoms with van der Waals surface area (Å²) in [4.78, 5) is 76.5. The Morgan fingerprint density at radius 3 is 2.14 bits per heavy atom. The van der Waals surface area contributed by atoms with Gasteiger partial charge in [0.05, 0.1) is 5.60 Å². The van der Waals surface area contributed by atoms with Crippen molar-refractivity contribution in [2.24, 2.45) is 11.3 Å². The van der Waals surface area contributed by atoms with E-state index in [9.17, 15) is 33.9 Å². The number of carbonyl (C=O) groups excluding carboxylic acids is 6. The lowest BCUT2D eigenvalue weighted by Gasteiger charge is -2.64. The van der Waals surface area contributed by atoms with Gasteiger partial charge in [0.2, 0.25) is 0 Å². The SMILES string of the molecule is C/C=C(\C)C(=O)OCC1(C)O[C@]23[C@H](OC(C)=O)[C@H]1C[C@H](OC(=O)/C=C/c1ccccc1)[C@]2(COC(C)=O)[C@@H](OC(=O)COC(C)=O)CC[C@]3(C)O. The second kappa shape index (κ2) is 15.4. The van der Waals surface area contributed by atoms with Crippen molar-refractivity contribution in [3.63, 3.8) is 0 Å². The highest BCUT2D eigenvalue weighted by Crippen LogP contribution is 2.69. The summed E-state index contributed by atoms with van der Waals surface area (Å²) < 4.78 is 41.3. The maximum absolute atomic E-state index is 13.6. The molecule has 2 bridgehead atoms. The Bertz CT molecular complexity index is 1580. The first-order chi connectivity index (χ1) is 23.9. The zero-order valence-corrected chi connectivity index (χ0v) is 29.9. The van der Waals surface area contributed by atoms with Crippen LogP contribution in [0.25, 0.3) is 6.08 Å². The van der Waals surface area contributed by atoms with Gasteiger partial charge in [0.25, 0.3) is 0 Å². The van der Waals surface area contributed by atoms with E-state index in [-0.39, 0.29) is 25.9 Å². The summed E-state index contributed by atoms with van der Waals surface area (Å²) in [6, 6.07) is 8.95. The van der Waals surface area contributed by atoms with Gasteiger partial charge in [-0.05, 0) is 58.6 Å². The Morgan fingerprint density at radius 1 is 0.863 bits per heavy atom. The van der Waals surface area contributed by atoms with E-state index in [1.54, 1.807) is 51.1 Å². The van der Waals surface area contributed by atoms with Gasteiger partial charge in [-0.15, -0.1) is 0 Å². The minimum Gasteiger partial charge on any atom is -0.465 e. The highest BCUT2D eigenvalue weighted by atomic mass is 16.6. The molecule has 51 heavy (non-hydrogen) atoms. The van der Waals surface area contributed by atoms with E-state index in [2.05, 4.69) is 0 Å². The fourth-order valence-corrected chi connectivity index (χ4v) is 7.75. The van der Waals surface area contributed by atoms with Crippen LogP contribution >= 0.6 is 0 Å². The highest BCUT2D eigenvalue weighted by molar-refractivity contribution is 5.88. The topological polar surface area (TPSA) is 187 Å². The Hall–Kier alpha value is -4.56. The molecule has 1 aromatic carbocycles. The monoisotopic (exact) mass is 714 g/mol. The largest absolute Gasteiger partial charge is 0.465 e. The Kier molecular flexibility index (Phi) is 11.8. The van der Waals surface area contributed by atoms with Gasteiger partial charge in [0.1, 0.15) is 42.5 Å². The lowest BCUT2D eigenvalue weighted by atomic mass is 9.47. The van der Waals surface area contributed by atoms with Gasteiger partial charge in [-0.25, -0.2) is 14.4 Å². The summed E-state index contributed by atoms with van der Waals surface area (Å²) >= 11 is 0. The maximum Gasteiger partial charge on any atom is 0.344 e. The van der Waals surface area contributed by atoms with Crippen LogP contribution in [0.2, 0.25) is 0 Å². The first-order valence-corrected chi connectivity index (χ1v) is 16.7. The van der Waals surface area contributed by atoms with E-state index in [0.29, 0.717) is 11.1 Å². The van der Waals surface area contributed by atoms with Gasteiger partial charge in [-0.3, -0.25) is 14.4 Å². The minimum absolute atomic E-state index is 0.0667. The summed E-state index contributed by atoms with van der Waals surface area (Å²) in [7, 11) is 0. The number of fused-ring (bicyclic) bond motifs is 1. The Morgan fingerprint density at radius 2 is 1.53 bits per heavy atom. The van der Waals surface area contributed by atoms with Crippen LogP contribution < -0.4 is 0 Å². The van der Waals surface area contributed by atoms with Crippen molar-refractivity contribution in [1.82, 2.24) is 0 Å². The second-order valence-electron chi connectivity index (χ2n) is 13.6. The van der Waals surface area contributed by atoms with Crippen molar-refractivity contribution in [2.75, 3.05) is 19.8 Å². The van der Waals surface area contributed by atoms with Crippen LogP contribution in [0.3, 0.4) is 0 Å². The van der Waals surface area contributed by atoms with Gasteiger partial charge in [0, 0.05) is 38.3 Å². The molecule has 1 spiro atoms. The molecule has 8 atom stereocenters. The highest BCUT2D eigenvalue weighted by Gasteiger charge is 2.85. The Labute approximate surface area is 296 Å². The van der Waals surface area contributed by atoms with Gasteiger partial charge >= 0.3 is 35.8 Å². The van der Waals surface area contributed by atoms with Gasteiger partial charge in [-0.1, -0.05) is 36.4 Å². The van der Waals surface area contributed by atoms with Crippen LogP contribution in [0, 0.1) is 11.3 Å². The van der Waals surface area contributed by atoms with Crippen molar-refractivity contribution >= 4 is 41.9 Å². The van der Waals surface area contributed by atoms with E-state index in [0.717, 1.165) is 13.8 Å². The van der Waals surface area contributed by atoms with E-state index in [1.165, 1.54) is 26.0 Å². The van der Waals surface area contributed by atoms with Gasteiger partial charge < -0.3 is 38.3 Å². The summed E-state index contributed by atoms with van der Waals surface area (Å²) in [5, 5.41) is 12.5. The van der Waals surface area contributed by atoms with Crippen molar-refractivity contribution in [2.45, 2.75) is 103 Å². The number of hydrogen-bond acceptors (Lipinski definition) is 14. The predicted octanol–water partition coefficient (Wildman–Crippen LogP) is 3.17. The fraction of sp³-hybridized carbons (Fsp3) is 0.568. The smallest absolute Gasteiger partial charge is 0.344 e. The molecule has 3 aliphatic rings. The Balaban J connectivity index is 1.94. The van der Waals surface area contributed by atoms with Gasteiger partial charge in [-0.2, -0.15) is 0 Å². The minimum atomic E-state index is -2.11. The van der Waals surface area contributed by atoms with Crippen molar-refractivity contribution in [3.05, 3.63) is 53.6 Å². The molecule has 14 heteroatoms. The number of aliphatic hydroxyl groups is 1. The molecule has 1 N–H and O–H groups in total. The first kappa shape index (κ1) is 39.2. The second-order valence-corrected chi connectivity index (χ2v) is 13.6. The standard InChI is InChI=1S/C37H46O14/c1-8-22(2)33(43)47-20-34(6)27-18-29(50-30(41)15-14-26-12-10-9-11-13-26)36(21-46-24(4)39)28(49-31(42)19-45-23(3)38)16-17-35(7,44)37(36,51-34)32(27)48-25(5)40/h8-15,27-29,32,44H,16-21H2,1-7H3/b15-14+,22-8+/t27-,28+,29+,32-,34?,35+,36+,37+/m1/s1. The van der Waals surface area contributed by atoms with E-state index >= 15 is 0 Å². The number of ether oxygens (including phenoxy) is 7. The number of rotatable bonds is 12. The van der Waals surface area contributed by atoms with Gasteiger partial charge in [0.15, 0.2) is 12.2 Å². The molecule has 0 aromatic heterocycles. The molecule has 1 aromatic rings. The van der Waals surface area contributed by atoms with Crippen LogP contribution in [0.15, 0.2) is 48.1 Å². The first-order valence-electron chi connectivity index (χ1n) is 16.7. The molecule has 3 fully saturated rings. The van der Waals surface area contributed by atoms with Crippen molar-refractivity contribution in [3.8, 4) is 0 Å². The molecule has 1 unspecified atom stereocenters. The molecule has 2 saturated carbocycles. The molecule has 0 radical (unpaired) electrons. The summed E-state index contributed by atoms with van der Waals surface area (Å²) in [5.74, 6) is -5.57.